The van der Waals surface area contributed by atoms with E-state index in [9.17, 15) is 9.18 Å². The Balaban J connectivity index is 1.37. The van der Waals surface area contributed by atoms with Crippen molar-refractivity contribution in [3.63, 3.8) is 0 Å². The zero-order chi connectivity index (χ0) is 19.8. The minimum absolute atomic E-state index is 0.0692. The summed E-state index contributed by atoms with van der Waals surface area (Å²) in [6.45, 7) is 0.152. The quantitative estimate of drug-likeness (QED) is 0.567. The normalized spacial score (nSPS) is 10.6. The van der Waals surface area contributed by atoms with Crippen LogP contribution in [0.3, 0.4) is 0 Å². The zero-order valence-electron chi connectivity index (χ0n) is 15.7. The van der Waals surface area contributed by atoms with E-state index in [0.29, 0.717) is 17.8 Å². The summed E-state index contributed by atoms with van der Waals surface area (Å²) in [5, 5.41) is 6.58. The molecule has 0 unspecified atom stereocenters. The maximum atomic E-state index is 13.3. The van der Waals surface area contributed by atoms with Crippen molar-refractivity contribution in [3.8, 4) is 17.1 Å². The highest BCUT2D eigenvalue weighted by Crippen LogP contribution is 2.17. The van der Waals surface area contributed by atoms with Crippen LogP contribution in [0.15, 0.2) is 53.1 Å². The van der Waals surface area contributed by atoms with E-state index in [2.05, 4.69) is 15.5 Å². The second-order valence-electron chi connectivity index (χ2n) is 6.35. The minimum atomic E-state index is -0.369. The molecule has 28 heavy (non-hydrogen) atoms. The number of hydrogen-bond donors (Lipinski definition) is 1. The number of nitrogens with zero attached hydrogens (tertiary/aromatic N) is 2. The number of aromatic nitrogens is 2. The number of benzene rings is 2. The van der Waals surface area contributed by atoms with Crippen LogP contribution in [-0.4, -0.2) is 23.2 Å². The molecular weight excluding hydrogens is 361 g/mol. The molecule has 0 saturated carbocycles. The van der Waals surface area contributed by atoms with Gasteiger partial charge in [-0.1, -0.05) is 29.4 Å². The molecular formula is C21H22FN3O3. The molecule has 0 radical (unpaired) electrons. The molecule has 146 valence electrons. The lowest BCUT2D eigenvalue weighted by molar-refractivity contribution is -0.121. The lowest BCUT2D eigenvalue weighted by atomic mass is 10.1. The van der Waals surface area contributed by atoms with Crippen molar-refractivity contribution >= 4 is 5.91 Å². The number of carbonyl (C=O) groups is 1. The summed E-state index contributed by atoms with van der Waals surface area (Å²) in [6.07, 6.45) is 3.05. The van der Waals surface area contributed by atoms with Gasteiger partial charge in [0.1, 0.15) is 11.6 Å². The van der Waals surface area contributed by atoms with Gasteiger partial charge in [-0.2, -0.15) is 4.98 Å². The van der Waals surface area contributed by atoms with Crippen LogP contribution in [0, 0.1) is 5.82 Å². The third-order valence-corrected chi connectivity index (χ3v) is 4.27. The van der Waals surface area contributed by atoms with Crippen molar-refractivity contribution in [3.05, 3.63) is 65.8 Å². The van der Waals surface area contributed by atoms with Crippen LogP contribution >= 0.6 is 0 Å². The van der Waals surface area contributed by atoms with Crippen LogP contribution in [0.2, 0.25) is 0 Å². The molecule has 7 heteroatoms. The molecule has 1 amide bonds. The number of hydrogen-bond acceptors (Lipinski definition) is 5. The predicted octanol–water partition coefficient (Wildman–Crippen LogP) is 3.91. The molecule has 3 rings (SSSR count). The van der Waals surface area contributed by atoms with Crippen LogP contribution in [0.1, 0.15) is 30.7 Å². The molecule has 0 bridgehead atoms. The highest BCUT2D eigenvalue weighted by Gasteiger charge is 2.10. The Kier molecular flexibility index (Phi) is 6.73. The number of ether oxygens (including phenoxy) is 1. The van der Waals surface area contributed by atoms with Crippen LogP contribution in [0.5, 0.6) is 5.75 Å². The second-order valence-corrected chi connectivity index (χ2v) is 6.35. The standard InChI is InChI=1S/C21H22FN3O3/c1-27-18-11-9-15(10-12-18)5-2-3-8-19(26)23-14-20-24-21(25-28-20)16-6-4-7-17(22)13-16/h4,6-7,9-13H,2-3,5,8,14H2,1H3,(H,23,26). The number of nitrogens with one attached hydrogen (secondary N) is 1. The summed E-state index contributed by atoms with van der Waals surface area (Å²) in [5.74, 6) is 0.978. The van der Waals surface area contributed by atoms with E-state index in [0.717, 1.165) is 25.0 Å². The maximum absolute atomic E-state index is 13.3. The summed E-state index contributed by atoms with van der Waals surface area (Å²) < 4.78 is 23.5. The van der Waals surface area contributed by atoms with E-state index >= 15 is 0 Å². The average Bonchev–Trinajstić information content (AvgIpc) is 3.19. The Labute approximate surface area is 162 Å². The first-order valence-corrected chi connectivity index (χ1v) is 9.12. The largest absolute Gasteiger partial charge is 0.497 e. The van der Waals surface area contributed by atoms with E-state index in [1.807, 2.05) is 24.3 Å². The molecule has 6 nitrogen and oxygen atoms in total. The molecule has 1 heterocycles. The average molecular weight is 383 g/mol. The lowest BCUT2D eigenvalue weighted by Crippen LogP contribution is -2.22. The first kappa shape index (κ1) is 19.5. The first-order chi connectivity index (χ1) is 13.6. The molecule has 0 aliphatic rings. The van der Waals surface area contributed by atoms with Gasteiger partial charge in [-0.25, -0.2) is 4.39 Å². The van der Waals surface area contributed by atoms with Gasteiger partial charge in [-0.3, -0.25) is 4.79 Å². The van der Waals surface area contributed by atoms with Crippen LogP contribution in [0.4, 0.5) is 4.39 Å². The van der Waals surface area contributed by atoms with Crippen molar-refractivity contribution in [1.29, 1.82) is 0 Å². The van der Waals surface area contributed by atoms with Gasteiger partial charge in [0.05, 0.1) is 13.7 Å². The van der Waals surface area contributed by atoms with Crippen molar-refractivity contribution < 1.29 is 18.4 Å². The number of aryl methyl sites for hydroxylation is 1. The third kappa shape index (κ3) is 5.64. The summed E-state index contributed by atoms with van der Waals surface area (Å²) in [7, 11) is 1.64. The molecule has 0 atom stereocenters. The van der Waals surface area contributed by atoms with Gasteiger partial charge in [-0.15, -0.1) is 0 Å². The Morgan fingerprint density at radius 1 is 1.18 bits per heavy atom. The fourth-order valence-corrected chi connectivity index (χ4v) is 2.74. The monoisotopic (exact) mass is 383 g/mol. The summed E-state index contributed by atoms with van der Waals surface area (Å²) >= 11 is 0. The fraction of sp³-hybridized carbons (Fsp3) is 0.286. The Bertz CT molecular complexity index is 909. The predicted molar refractivity (Wildman–Crippen MR) is 102 cm³/mol. The van der Waals surface area contributed by atoms with E-state index in [1.165, 1.54) is 17.7 Å². The van der Waals surface area contributed by atoms with Crippen LogP contribution in [0.25, 0.3) is 11.4 Å². The summed E-state index contributed by atoms with van der Waals surface area (Å²) in [4.78, 5) is 16.1. The number of methoxy groups -OCH3 is 1. The molecule has 3 aromatic rings. The molecule has 2 aromatic carbocycles. The number of rotatable bonds is 9. The van der Waals surface area contributed by atoms with Crippen molar-refractivity contribution in [2.45, 2.75) is 32.2 Å². The number of carbonyl (C=O) groups excluding carboxylic acids is 1. The number of amides is 1. The topological polar surface area (TPSA) is 77.2 Å². The smallest absolute Gasteiger partial charge is 0.246 e. The van der Waals surface area contributed by atoms with Crippen molar-refractivity contribution in [2.24, 2.45) is 0 Å². The van der Waals surface area contributed by atoms with E-state index < -0.39 is 0 Å². The van der Waals surface area contributed by atoms with Gasteiger partial charge >= 0.3 is 0 Å². The summed E-state index contributed by atoms with van der Waals surface area (Å²) in [6, 6.07) is 13.9. The van der Waals surface area contributed by atoms with Crippen molar-refractivity contribution in [1.82, 2.24) is 15.5 Å². The van der Waals surface area contributed by atoms with E-state index in [1.54, 1.807) is 19.2 Å². The van der Waals surface area contributed by atoms with Gasteiger partial charge in [-0.05, 0) is 49.1 Å². The first-order valence-electron chi connectivity index (χ1n) is 9.12. The Morgan fingerprint density at radius 2 is 2.00 bits per heavy atom. The van der Waals surface area contributed by atoms with E-state index in [4.69, 9.17) is 9.26 Å². The lowest BCUT2D eigenvalue weighted by Gasteiger charge is -2.04. The molecule has 1 aromatic heterocycles. The van der Waals surface area contributed by atoms with Gasteiger partial charge < -0.3 is 14.6 Å². The SMILES string of the molecule is COc1ccc(CCCCC(=O)NCc2nc(-c3cccc(F)c3)no2)cc1. The van der Waals surface area contributed by atoms with Gasteiger partial charge in [0.2, 0.25) is 17.6 Å². The summed E-state index contributed by atoms with van der Waals surface area (Å²) in [5.41, 5.74) is 1.75. The molecule has 1 N–H and O–H groups in total. The highest BCUT2D eigenvalue weighted by atomic mass is 19.1. The van der Waals surface area contributed by atoms with Crippen LogP contribution in [-0.2, 0) is 17.8 Å². The van der Waals surface area contributed by atoms with Crippen molar-refractivity contribution in [2.75, 3.05) is 7.11 Å². The molecule has 0 aliphatic heterocycles. The van der Waals surface area contributed by atoms with Gasteiger partial charge in [0, 0.05) is 12.0 Å². The molecule has 0 fully saturated rings. The highest BCUT2D eigenvalue weighted by molar-refractivity contribution is 5.75. The van der Waals surface area contributed by atoms with Crippen LogP contribution < -0.4 is 10.1 Å². The van der Waals surface area contributed by atoms with Gasteiger partial charge in [0.25, 0.3) is 0 Å². The third-order valence-electron chi connectivity index (χ3n) is 4.27. The number of unbranched alkanes of at least 4 members (excludes halogenated alkanes) is 1. The zero-order valence-corrected chi connectivity index (χ0v) is 15.7. The maximum Gasteiger partial charge on any atom is 0.246 e. The Morgan fingerprint density at radius 3 is 2.75 bits per heavy atom. The second kappa shape index (κ2) is 9.64. The molecule has 0 saturated heterocycles. The molecule has 0 aliphatic carbocycles. The molecule has 0 spiro atoms. The fourth-order valence-electron chi connectivity index (χ4n) is 2.74. The van der Waals surface area contributed by atoms with Gasteiger partial charge in [0.15, 0.2) is 0 Å². The van der Waals surface area contributed by atoms with E-state index in [-0.39, 0.29) is 24.2 Å². The number of halogens is 1. The Hall–Kier alpha value is -3.22. The minimum Gasteiger partial charge on any atom is -0.497 e.